The summed E-state index contributed by atoms with van der Waals surface area (Å²) in [6, 6.07) is 15.6. The zero-order chi connectivity index (χ0) is 19.5. The van der Waals surface area contributed by atoms with E-state index >= 15 is 0 Å². The molecule has 1 aliphatic rings. The first-order valence-corrected chi connectivity index (χ1v) is 9.56. The summed E-state index contributed by atoms with van der Waals surface area (Å²) in [6.45, 7) is 3.32. The summed E-state index contributed by atoms with van der Waals surface area (Å²) < 4.78 is 7.58. The molecule has 4 rings (SSSR count). The maximum absolute atomic E-state index is 12.4. The van der Waals surface area contributed by atoms with E-state index in [0.29, 0.717) is 36.6 Å². The molecule has 144 valence electrons. The smallest absolute Gasteiger partial charge is 0.265 e. The second-order valence-electron chi connectivity index (χ2n) is 6.88. The van der Waals surface area contributed by atoms with Gasteiger partial charge in [-0.15, -0.1) is 0 Å². The van der Waals surface area contributed by atoms with Crippen molar-refractivity contribution >= 4 is 34.1 Å². The van der Waals surface area contributed by atoms with Crippen molar-refractivity contribution in [3.8, 4) is 5.75 Å². The third-order valence-corrected chi connectivity index (χ3v) is 4.89. The Kier molecular flexibility index (Phi) is 5.02. The Morgan fingerprint density at radius 1 is 1.14 bits per heavy atom. The summed E-state index contributed by atoms with van der Waals surface area (Å²) in [5.74, 6) is 0.546. The highest BCUT2D eigenvalue weighted by Crippen LogP contribution is 2.34. The molecule has 0 unspecified atom stereocenters. The Balaban J connectivity index is 1.44. The van der Waals surface area contributed by atoms with Crippen molar-refractivity contribution in [1.82, 2.24) is 4.57 Å². The van der Waals surface area contributed by atoms with E-state index in [1.807, 2.05) is 37.4 Å². The lowest BCUT2D eigenvalue weighted by Gasteiger charge is -2.29. The minimum Gasteiger partial charge on any atom is -0.482 e. The number of aryl methyl sites for hydroxylation is 1. The zero-order valence-corrected chi connectivity index (χ0v) is 15.9. The number of ether oxygens (including phenoxy) is 1. The van der Waals surface area contributed by atoms with E-state index in [0.717, 1.165) is 11.9 Å². The maximum Gasteiger partial charge on any atom is 0.265 e. The number of para-hydroxylation sites is 1. The normalized spacial score (nSPS) is 13.3. The van der Waals surface area contributed by atoms with Gasteiger partial charge in [0.15, 0.2) is 6.61 Å². The van der Waals surface area contributed by atoms with Crippen LogP contribution in [0.1, 0.15) is 19.8 Å². The average molecular weight is 377 g/mol. The molecule has 0 bridgehead atoms. The van der Waals surface area contributed by atoms with Crippen LogP contribution in [0, 0.1) is 0 Å². The van der Waals surface area contributed by atoms with E-state index in [2.05, 4.69) is 28.1 Å². The highest BCUT2D eigenvalue weighted by molar-refractivity contribution is 5.99. The van der Waals surface area contributed by atoms with Crippen LogP contribution in [-0.4, -0.2) is 29.5 Å². The number of carbonyl (C=O) groups excluding carboxylic acids is 2. The first-order chi connectivity index (χ1) is 13.7. The fraction of sp³-hybridized carbons (Fsp3) is 0.273. The van der Waals surface area contributed by atoms with Crippen LogP contribution in [0.3, 0.4) is 0 Å². The molecule has 28 heavy (non-hydrogen) atoms. The fourth-order valence-corrected chi connectivity index (χ4v) is 3.53. The topological polar surface area (TPSA) is 63.6 Å². The molecule has 0 atom stereocenters. The quantitative estimate of drug-likeness (QED) is 0.711. The Morgan fingerprint density at radius 3 is 2.86 bits per heavy atom. The molecule has 6 heteroatoms. The summed E-state index contributed by atoms with van der Waals surface area (Å²) in [7, 11) is 0. The van der Waals surface area contributed by atoms with Gasteiger partial charge in [-0.1, -0.05) is 25.1 Å². The number of fused-ring (bicyclic) bond motifs is 2. The van der Waals surface area contributed by atoms with Crippen molar-refractivity contribution in [2.75, 3.05) is 23.4 Å². The number of hydrogen-bond acceptors (Lipinski definition) is 3. The van der Waals surface area contributed by atoms with Crippen LogP contribution >= 0.6 is 0 Å². The number of rotatable bonds is 6. The average Bonchev–Trinajstić information content (AvgIpc) is 3.12. The summed E-state index contributed by atoms with van der Waals surface area (Å²) in [5, 5.41) is 4.10. The summed E-state index contributed by atoms with van der Waals surface area (Å²) in [4.78, 5) is 26.3. The van der Waals surface area contributed by atoms with Crippen LogP contribution in [0.25, 0.3) is 10.9 Å². The van der Waals surface area contributed by atoms with Gasteiger partial charge >= 0.3 is 0 Å². The molecule has 2 heterocycles. The summed E-state index contributed by atoms with van der Waals surface area (Å²) in [5.41, 5.74) is 2.50. The Hall–Kier alpha value is -3.28. The largest absolute Gasteiger partial charge is 0.482 e. The van der Waals surface area contributed by atoms with Gasteiger partial charge in [0.05, 0.1) is 5.69 Å². The Labute approximate surface area is 163 Å². The molecular weight excluding hydrogens is 354 g/mol. The molecular formula is C22H23N3O3. The van der Waals surface area contributed by atoms with E-state index in [1.54, 1.807) is 11.0 Å². The van der Waals surface area contributed by atoms with E-state index in [4.69, 9.17) is 4.74 Å². The number of benzene rings is 2. The molecule has 2 amide bonds. The van der Waals surface area contributed by atoms with Crippen LogP contribution in [0.4, 0.5) is 11.4 Å². The van der Waals surface area contributed by atoms with Gasteiger partial charge in [-0.05, 0) is 42.1 Å². The monoisotopic (exact) mass is 377 g/mol. The number of nitrogens with zero attached hydrogens (tertiary/aromatic N) is 2. The van der Waals surface area contributed by atoms with Gasteiger partial charge in [0, 0.05) is 36.9 Å². The van der Waals surface area contributed by atoms with Crippen molar-refractivity contribution in [2.24, 2.45) is 0 Å². The van der Waals surface area contributed by atoms with Gasteiger partial charge in [-0.25, -0.2) is 0 Å². The highest BCUT2D eigenvalue weighted by atomic mass is 16.5. The first-order valence-electron chi connectivity index (χ1n) is 9.56. The Morgan fingerprint density at radius 2 is 2.00 bits per heavy atom. The van der Waals surface area contributed by atoms with Crippen LogP contribution < -0.4 is 15.0 Å². The minimum atomic E-state index is -0.0668. The molecule has 1 aromatic heterocycles. The zero-order valence-electron chi connectivity index (χ0n) is 15.9. The van der Waals surface area contributed by atoms with Crippen molar-refractivity contribution in [3.63, 3.8) is 0 Å². The van der Waals surface area contributed by atoms with Gasteiger partial charge < -0.3 is 19.5 Å². The van der Waals surface area contributed by atoms with Gasteiger partial charge in [0.1, 0.15) is 5.75 Å². The second kappa shape index (κ2) is 7.76. The van der Waals surface area contributed by atoms with Gasteiger partial charge in [0.25, 0.3) is 5.91 Å². The molecule has 1 N–H and O–H groups in total. The maximum atomic E-state index is 12.4. The van der Waals surface area contributed by atoms with E-state index in [1.165, 1.54) is 5.39 Å². The van der Waals surface area contributed by atoms with Crippen molar-refractivity contribution < 1.29 is 14.3 Å². The van der Waals surface area contributed by atoms with Gasteiger partial charge in [0.2, 0.25) is 5.91 Å². The molecule has 0 saturated carbocycles. The van der Waals surface area contributed by atoms with E-state index in [9.17, 15) is 9.59 Å². The van der Waals surface area contributed by atoms with Crippen molar-refractivity contribution in [2.45, 2.75) is 26.3 Å². The van der Waals surface area contributed by atoms with Crippen LogP contribution in [-0.2, 0) is 16.1 Å². The van der Waals surface area contributed by atoms with Crippen LogP contribution in [0.2, 0.25) is 0 Å². The number of amides is 2. The predicted molar refractivity (Wildman–Crippen MR) is 110 cm³/mol. The molecule has 2 aromatic carbocycles. The Bertz CT molecular complexity index is 1020. The first kappa shape index (κ1) is 18.1. The summed E-state index contributed by atoms with van der Waals surface area (Å²) >= 11 is 0. The lowest BCUT2D eigenvalue weighted by atomic mass is 10.2. The SMILES string of the molecule is CCCN1C(=O)COc2ccc(NC(=O)CCn3ccc4ccccc43)cc21. The van der Waals surface area contributed by atoms with Crippen LogP contribution in [0.5, 0.6) is 5.75 Å². The molecule has 0 radical (unpaired) electrons. The van der Waals surface area contributed by atoms with E-state index < -0.39 is 0 Å². The summed E-state index contributed by atoms with van der Waals surface area (Å²) in [6.07, 6.45) is 3.22. The number of anilines is 2. The molecule has 3 aromatic rings. The molecule has 0 saturated heterocycles. The van der Waals surface area contributed by atoms with Crippen LogP contribution in [0.15, 0.2) is 54.7 Å². The molecule has 0 fully saturated rings. The number of hydrogen-bond donors (Lipinski definition) is 1. The van der Waals surface area contributed by atoms with Gasteiger partial charge in [-0.2, -0.15) is 0 Å². The number of carbonyl (C=O) groups is 2. The second-order valence-corrected chi connectivity index (χ2v) is 6.88. The molecule has 0 spiro atoms. The third-order valence-electron chi connectivity index (χ3n) is 4.89. The molecule has 1 aliphatic heterocycles. The number of nitrogens with one attached hydrogen (secondary N) is 1. The van der Waals surface area contributed by atoms with Crippen molar-refractivity contribution in [3.05, 3.63) is 54.7 Å². The number of aromatic nitrogens is 1. The lowest BCUT2D eigenvalue weighted by molar-refractivity contribution is -0.121. The highest BCUT2D eigenvalue weighted by Gasteiger charge is 2.25. The molecule has 6 nitrogen and oxygen atoms in total. The standard InChI is InChI=1S/C22H23N3O3/c1-2-11-25-19-14-17(7-8-20(19)28-15-22(25)27)23-21(26)10-13-24-12-9-16-5-3-4-6-18(16)24/h3-9,12,14H,2,10-11,13,15H2,1H3,(H,23,26). The van der Waals surface area contributed by atoms with Gasteiger partial charge in [-0.3, -0.25) is 9.59 Å². The van der Waals surface area contributed by atoms with E-state index in [-0.39, 0.29) is 18.4 Å². The minimum absolute atomic E-state index is 0.0580. The lowest BCUT2D eigenvalue weighted by Crippen LogP contribution is -2.39. The predicted octanol–water partition coefficient (Wildman–Crippen LogP) is 3.81. The third kappa shape index (κ3) is 3.58. The van der Waals surface area contributed by atoms with Crippen molar-refractivity contribution in [1.29, 1.82) is 0 Å². The fourth-order valence-electron chi connectivity index (χ4n) is 3.53. The molecule has 0 aliphatic carbocycles.